The van der Waals surface area contributed by atoms with E-state index in [4.69, 9.17) is 9.47 Å². The molecule has 44 heavy (non-hydrogen) atoms. The second kappa shape index (κ2) is 15.0. The lowest BCUT2D eigenvalue weighted by Crippen LogP contribution is -2.56. The molecule has 3 atom stereocenters. The van der Waals surface area contributed by atoms with Gasteiger partial charge in [0.25, 0.3) is 0 Å². The molecule has 1 aliphatic rings. The van der Waals surface area contributed by atoms with Crippen LogP contribution in [0.2, 0.25) is 0 Å². The number of hydrogen-bond acceptors (Lipinski definition) is 2. The summed E-state index contributed by atoms with van der Waals surface area (Å²) in [7, 11) is 8.00. The quantitative estimate of drug-likeness (QED) is 0.155. The number of benzene rings is 1. The second-order valence-corrected chi connectivity index (χ2v) is 14.6. The van der Waals surface area contributed by atoms with Gasteiger partial charge in [-0.15, -0.1) is 5.47 Å². The summed E-state index contributed by atoms with van der Waals surface area (Å²) in [5.41, 5.74) is 7.70. The first-order valence-electron chi connectivity index (χ1n) is 16.0. The number of allylic oxidation sites excluding steroid dienone is 11. The van der Waals surface area contributed by atoms with Gasteiger partial charge in [-0.1, -0.05) is 145 Å². The smallest absolute Gasteiger partial charge is 0.147 e. The first-order chi connectivity index (χ1) is 20.4. The maximum absolute atomic E-state index is 6.94. The van der Waals surface area contributed by atoms with E-state index >= 15 is 0 Å². The van der Waals surface area contributed by atoms with Gasteiger partial charge in [0.15, 0.2) is 0 Å². The van der Waals surface area contributed by atoms with Crippen molar-refractivity contribution in [2.45, 2.75) is 92.8 Å². The highest BCUT2D eigenvalue weighted by molar-refractivity contribution is 6.32. The van der Waals surface area contributed by atoms with E-state index in [0.717, 1.165) is 16.7 Å². The predicted octanol–water partition coefficient (Wildman–Crippen LogP) is 8.35. The standard InChI is InChI=1S/C40H58B2O2/c1-14-17-31-26-33(25-30(5)41)40(44-13,29(4)21-20-28(3)37(6,7)8)39(43-12,36-27-34(42)22-23-35(31)36)24-16-19-32(18-15-2)38(9,10)11/h14-23,25-27,31H,2,24,41-42H2,1,3-13H3/b17-14-,19-16+,28-20+,29-21+,30-25+,32-18+. The van der Waals surface area contributed by atoms with Crippen molar-refractivity contribution in [1.82, 2.24) is 0 Å². The fourth-order valence-corrected chi connectivity index (χ4v) is 6.19. The number of ether oxygens (including phenoxy) is 2. The number of rotatable bonds is 10. The van der Waals surface area contributed by atoms with Crippen LogP contribution in [0.3, 0.4) is 0 Å². The van der Waals surface area contributed by atoms with Gasteiger partial charge in [-0.3, -0.25) is 0 Å². The molecule has 3 unspecified atom stereocenters. The first kappa shape index (κ1) is 37.4. The van der Waals surface area contributed by atoms with Crippen LogP contribution >= 0.6 is 0 Å². The van der Waals surface area contributed by atoms with E-state index in [1.807, 2.05) is 20.3 Å². The highest BCUT2D eigenvalue weighted by atomic mass is 16.5. The molecule has 1 aliphatic carbocycles. The molecule has 1 aromatic carbocycles. The van der Waals surface area contributed by atoms with Crippen molar-refractivity contribution in [3.8, 4) is 0 Å². The van der Waals surface area contributed by atoms with E-state index in [9.17, 15) is 0 Å². The zero-order valence-electron chi connectivity index (χ0n) is 30.3. The molecule has 236 valence electrons. The monoisotopic (exact) mass is 592 g/mol. The molecule has 0 saturated heterocycles. The largest absolute Gasteiger partial charge is 0.369 e. The second-order valence-electron chi connectivity index (χ2n) is 14.6. The van der Waals surface area contributed by atoms with E-state index in [2.05, 4.69) is 164 Å². The summed E-state index contributed by atoms with van der Waals surface area (Å²) in [4.78, 5) is 0. The minimum atomic E-state index is -0.930. The van der Waals surface area contributed by atoms with E-state index in [0.29, 0.717) is 6.42 Å². The Kier molecular flexibility index (Phi) is 12.7. The minimum absolute atomic E-state index is 0.0313. The minimum Gasteiger partial charge on any atom is -0.369 e. The van der Waals surface area contributed by atoms with Gasteiger partial charge >= 0.3 is 0 Å². The Morgan fingerprint density at radius 1 is 0.977 bits per heavy atom. The van der Waals surface area contributed by atoms with Crippen molar-refractivity contribution in [2.75, 3.05) is 14.2 Å². The van der Waals surface area contributed by atoms with Gasteiger partial charge in [-0.05, 0) is 59.4 Å². The first-order valence-corrected chi connectivity index (χ1v) is 16.0. The van der Waals surface area contributed by atoms with Gasteiger partial charge in [0.05, 0.1) is 0 Å². The normalized spacial score (nSPS) is 24.5. The summed E-state index contributed by atoms with van der Waals surface area (Å²) in [6.45, 7) is 26.1. The third-order valence-corrected chi connectivity index (χ3v) is 9.02. The molecule has 1 aromatic rings. The third kappa shape index (κ3) is 7.88. The zero-order chi connectivity index (χ0) is 33.5. The molecular weight excluding hydrogens is 534 g/mol. The fourth-order valence-electron chi connectivity index (χ4n) is 6.19. The van der Waals surface area contributed by atoms with Gasteiger partial charge < -0.3 is 9.47 Å². The Balaban J connectivity index is 3.22. The van der Waals surface area contributed by atoms with Crippen LogP contribution in [0.4, 0.5) is 0 Å². The lowest BCUT2D eigenvalue weighted by Gasteiger charge is -2.50. The summed E-state index contributed by atoms with van der Waals surface area (Å²) in [5.74, 6) is 0.0576. The average molecular weight is 593 g/mol. The van der Waals surface area contributed by atoms with Gasteiger partial charge in [-0.2, -0.15) is 0 Å². The van der Waals surface area contributed by atoms with Crippen LogP contribution in [0.1, 0.15) is 92.7 Å². The number of hydrogen-bond donors (Lipinski definition) is 0. The van der Waals surface area contributed by atoms with Crippen LogP contribution in [0, 0.1) is 10.8 Å². The van der Waals surface area contributed by atoms with Crippen molar-refractivity contribution in [2.24, 2.45) is 10.8 Å². The van der Waals surface area contributed by atoms with E-state index < -0.39 is 11.2 Å². The molecule has 0 bridgehead atoms. The van der Waals surface area contributed by atoms with Crippen LogP contribution in [0.15, 0.2) is 113 Å². The van der Waals surface area contributed by atoms with E-state index in [-0.39, 0.29) is 16.7 Å². The van der Waals surface area contributed by atoms with E-state index in [1.54, 1.807) is 0 Å². The van der Waals surface area contributed by atoms with Crippen molar-refractivity contribution in [1.29, 1.82) is 0 Å². The summed E-state index contributed by atoms with van der Waals surface area (Å²) in [6, 6.07) is 6.79. The van der Waals surface area contributed by atoms with Crippen molar-refractivity contribution in [3.63, 3.8) is 0 Å². The van der Waals surface area contributed by atoms with Gasteiger partial charge in [-0.25, -0.2) is 0 Å². The SMILES string of the molecule is B/C(C)=C/C1=CC(/C=C\C)c2ccc(B)cc2C(C/C=C/C(=C\C=C)C(C)(C)C)(OC)C1(OC)/C(C)=C/C=C(\C)C(C)(C)C. The van der Waals surface area contributed by atoms with Crippen LogP contribution < -0.4 is 5.46 Å². The van der Waals surface area contributed by atoms with Crippen molar-refractivity contribution < 1.29 is 9.47 Å². The third-order valence-electron chi connectivity index (χ3n) is 9.02. The molecule has 0 N–H and O–H groups in total. The number of fused-ring (bicyclic) bond motifs is 1. The highest BCUT2D eigenvalue weighted by Crippen LogP contribution is 2.55. The van der Waals surface area contributed by atoms with Crippen molar-refractivity contribution >= 4 is 21.2 Å². The Morgan fingerprint density at radius 2 is 1.64 bits per heavy atom. The molecule has 2 rings (SSSR count). The van der Waals surface area contributed by atoms with Crippen molar-refractivity contribution in [3.05, 3.63) is 124 Å². The Hall–Kier alpha value is -2.81. The topological polar surface area (TPSA) is 18.5 Å². The molecular formula is C40H58B2O2. The molecule has 2 nitrogen and oxygen atoms in total. The van der Waals surface area contributed by atoms with Gasteiger partial charge in [0.2, 0.25) is 0 Å². The number of methoxy groups -OCH3 is 2. The molecule has 4 heteroatoms. The maximum Gasteiger partial charge on any atom is 0.147 e. The van der Waals surface area contributed by atoms with Crippen LogP contribution in [0.25, 0.3) is 0 Å². The molecule has 0 aromatic heterocycles. The summed E-state index contributed by atoms with van der Waals surface area (Å²) in [5, 5.41) is 0. The molecule has 0 amide bonds. The Bertz CT molecular complexity index is 1400. The summed E-state index contributed by atoms with van der Waals surface area (Å²) in [6.07, 6.45) is 22.7. The van der Waals surface area contributed by atoms with Crippen LogP contribution in [0.5, 0.6) is 0 Å². The van der Waals surface area contributed by atoms with Crippen LogP contribution in [-0.2, 0) is 15.1 Å². The fraction of sp³-hybridized carbons (Fsp3) is 0.450. The van der Waals surface area contributed by atoms with Crippen LogP contribution in [-0.4, -0.2) is 35.5 Å². The van der Waals surface area contributed by atoms with Gasteiger partial charge in [0, 0.05) is 26.6 Å². The molecule has 0 fully saturated rings. The molecule has 0 aliphatic heterocycles. The Morgan fingerprint density at radius 3 is 2.14 bits per heavy atom. The summed E-state index contributed by atoms with van der Waals surface area (Å²) < 4.78 is 13.9. The Labute approximate surface area is 272 Å². The molecule has 0 radical (unpaired) electrons. The molecule has 0 spiro atoms. The van der Waals surface area contributed by atoms with Gasteiger partial charge in [0.1, 0.15) is 26.9 Å². The predicted molar refractivity (Wildman–Crippen MR) is 199 cm³/mol. The molecule has 0 saturated carbocycles. The summed E-state index contributed by atoms with van der Waals surface area (Å²) >= 11 is 0. The lowest BCUT2D eigenvalue weighted by atomic mass is 9.65. The van der Waals surface area contributed by atoms with E-state index in [1.165, 1.54) is 27.6 Å². The lowest BCUT2D eigenvalue weighted by molar-refractivity contribution is -0.151. The maximum atomic E-state index is 6.94. The highest BCUT2D eigenvalue weighted by Gasteiger charge is 2.58. The average Bonchev–Trinajstić information content (AvgIpc) is 3.01. The zero-order valence-corrected chi connectivity index (χ0v) is 30.3. The molecule has 0 heterocycles.